The zero-order chi connectivity index (χ0) is 19.2. The van der Waals surface area contributed by atoms with E-state index < -0.39 is 5.54 Å². The second kappa shape index (κ2) is 7.93. The van der Waals surface area contributed by atoms with Crippen LogP contribution in [0.4, 0.5) is 0 Å². The van der Waals surface area contributed by atoms with Gasteiger partial charge in [0, 0.05) is 5.56 Å². The predicted molar refractivity (Wildman–Crippen MR) is 113 cm³/mol. The fraction of sp³-hybridized carbons (Fsp3) is 0.0385. The Kier molecular flexibility index (Phi) is 5.03. The molecule has 0 fully saturated rings. The Morgan fingerprint density at radius 2 is 0.821 bits per heavy atom. The molecule has 0 atom stereocenters. The monoisotopic (exact) mass is 363 g/mol. The van der Waals surface area contributed by atoms with Gasteiger partial charge in [-0.05, 0) is 28.8 Å². The van der Waals surface area contributed by atoms with E-state index in [-0.39, 0.29) is 5.91 Å². The molecule has 28 heavy (non-hydrogen) atoms. The molecule has 0 spiro atoms. The first-order valence-corrected chi connectivity index (χ1v) is 9.35. The number of hydrogen-bond acceptors (Lipinski definition) is 1. The number of rotatable bonds is 5. The van der Waals surface area contributed by atoms with Crippen LogP contribution in [0.25, 0.3) is 0 Å². The van der Waals surface area contributed by atoms with Gasteiger partial charge in [0.1, 0.15) is 5.54 Å². The summed E-state index contributed by atoms with van der Waals surface area (Å²) in [4.78, 5) is 13.3. The zero-order valence-electron chi connectivity index (χ0n) is 15.5. The zero-order valence-corrected chi connectivity index (χ0v) is 15.5. The van der Waals surface area contributed by atoms with Crippen LogP contribution in [0.2, 0.25) is 0 Å². The van der Waals surface area contributed by atoms with Crippen molar-refractivity contribution in [2.45, 2.75) is 5.54 Å². The predicted octanol–water partition coefficient (Wildman–Crippen LogP) is 5.41. The number of carbonyl (C=O) groups excluding carboxylic acids is 1. The molecule has 4 rings (SSSR count). The quantitative estimate of drug-likeness (QED) is 0.472. The minimum absolute atomic E-state index is 0.114. The highest BCUT2D eigenvalue weighted by Gasteiger charge is 2.37. The summed E-state index contributed by atoms with van der Waals surface area (Å²) < 4.78 is 0. The molecule has 0 unspecified atom stereocenters. The van der Waals surface area contributed by atoms with Crippen molar-refractivity contribution < 1.29 is 4.79 Å². The molecule has 0 radical (unpaired) electrons. The van der Waals surface area contributed by atoms with E-state index in [4.69, 9.17) is 0 Å². The van der Waals surface area contributed by atoms with Crippen LogP contribution in [0.5, 0.6) is 0 Å². The van der Waals surface area contributed by atoms with E-state index in [0.29, 0.717) is 5.56 Å². The fourth-order valence-corrected chi connectivity index (χ4v) is 3.61. The minimum atomic E-state index is -0.795. The highest BCUT2D eigenvalue weighted by Crippen LogP contribution is 2.37. The third-order valence-corrected chi connectivity index (χ3v) is 4.96. The molecule has 0 saturated carbocycles. The van der Waals surface area contributed by atoms with Gasteiger partial charge >= 0.3 is 0 Å². The van der Waals surface area contributed by atoms with Crippen LogP contribution < -0.4 is 5.32 Å². The number of benzene rings is 4. The van der Waals surface area contributed by atoms with Gasteiger partial charge in [0.2, 0.25) is 0 Å². The molecule has 0 heterocycles. The van der Waals surface area contributed by atoms with Gasteiger partial charge in [0.15, 0.2) is 0 Å². The minimum Gasteiger partial charge on any atom is -0.334 e. The van der Waals surface area contributed by atoms with E-state index in [0.717, 1.165) is 16.7 Å². The second-order valence-electron chi connectivity index (χ2n) is 6.67. The van der Waals surface area contributed by atoms with E-state index in [1.54, 1.807) is 0 Å². The lowest BCUT2D eigenvalue weighted by Gasteiger charge is -2.37. The molecule has 0 aliphatic heterocycles. The standard InChI is InChI=1S/C26H21NO/c28-25(21-13-5-1-6-14-21)27-26(22-15-7-2-8-16-22,23-17-9-3-10-18-23)24-19-11-4-12-20-24/h1-20H,(H,27,28). The van der Waals surface area contributed by atoms with Crippen molar-refractivity contribution in [2.24, 2.45) is 0 Å². The molecule has 1 N–H and O–H groups in total. The summed E-state index contributed by atoms with van der Waals surface area (Å²) in [6, 6.07) is 39.7. The Balaban J connectivity index is 1.95. The SMILES string of the molecule is O=C(NC(c1ccccc1)(c1ccccc1)c1ccccc1)c1ccccc1. The number of hydrogen-bond donors (Lipinski definition) is 1. The van der Waals surface area contributed by atoms with Gasteiger partial charge in [-0.1, -0.05) is 109 Å². The van der Waals surface area contributed by atoms with Crippen LogP contribution in [0.15, 0.2) is 121 Å². The lowest BCUT2D eigenvalue weighted by atomic mass is 9.77. The Hall–Kier alpha value is -3.65. The molecule has 4 aromatic carbocycles. The Morgan fingerprint density at radius 3 is 1.18 bits per heavy atom. The molecule has 4 aromatic rings. The number of carbonyl (C=O) groups is 1. The van der Waals surface area contributed by atoms with Crippen molar-refractivity contribution in [3.8, 4) is 0 Å². The first kappa shape index (κ1) is 17.7. The van der Waals surface area contributed by atoms with Crippen LogP contribution in [0.1, 0.15) is 27.0 Å². The van der Waals surface area contributed by atoms with E-state index >= 15 is 0 Å². The van der Waals surface area contributed by atoms with Crippen molar-refractivity contribution in [1.82, 2.24) is 5.32 Å². The summed E-state index contributed by atoms with van der Waals surface area (Å²) in [5.41, 5.74) is 2.87. The van der Waals surface area contributed by atoms with E-state index in [1.165, 1.54) is 0 Å². The number of amides is 1. The van der Waals surface area contributed by atoms with Crippen LogP contribution in [0, 0.1) is 0 Å². The maximum atomic E-state index is 13.3. The number of nitrogens with one attached hydrogen (secondary N) is 1. The molecule has 0 bridgehead atoms. The lowest BCUT2D eigenvalue weighted by molar-refractivity contribution is 0.0925. The van der Waals surface area contributed by atoms with Crippen molar-refractivity contribution >= 4 is 5.91 Å². The van der Waals surface area contributed by atoms with Crippen LogP contribution in [-0.2, 0) is 5.54 Å². The van der Waals surface area contributed by atoms with Crippen molar-refractivity contribution in [3.05, 3.63) is 144 Å². The largest absolute Gasteiger partial charge is 0.334 e. The van der Waals surface area contributed by atoms with Gasteiger partial charge in [-0.25, -0.2) is 0 Å². The molecule has 136 valence electrons. The van der Waals surface area contributed by atoms with Crippen molar-refractivity contribution in [1.29, 1.82) is 0 Å². The highest BCUT2D eigenvalue weighted by molar-refractivity contribution is 5.95. The molecular formula is C26H21NO. The molecule has 2 heteroatoms. The smallest absolute Gasteiger partial charge is 0.252 e. The molecule has 0 aromatic heterocycles. The van der Waals surface area contributed by atoms with Gasteiger partial charge in [-0.15, -0.1) is 0 Å². The van der Waals surface area contributed by atoms with Crippen LogP contribution in [-0.4, -0.2) is 5.91 Å². The molecule has 1 amide bonds. The first-order chi connectivity index (χ1) is 13.8. The van der Waals surface area contributed by atoms with Gasteiger partial charge in [0.05, 0.1) is 0 Å². The summed E-state index contributed by atoms with van der Waals surface area (Å²) in [5.74, 6) is -0.114. The second-order valence-corrected chi connectivity index (χ2v) is 6.67. The lowest BCUT2D eigenvalue weighted by Crippen LogP contribution is -2.47. The fourth-order valence-electron chi connectivity index (χ4n) is 3.61. The van der Waals surface area contributed by atoms with Gasteiger partial charge in [-0.3, -0.25) is 4.79 Å². The first-order valence-electron chi connectivity index (χ1n) is 9.35. The third kappa shape index (κ3) is 3.33. The normalized spacial score (nSPS) is 11.0. The van der Waals surface area contributed by atoms with Gasteiger partial charge in [0.25, 0.3) is 5.91 Å². The van der Waals surface area contributed by atoms with E-state index in [1.807, 2.05) is 84.9 Å². The Labute approximate surface area is 165 Å². The van der Waals surface area contributed by atoms with Gasteiger partial charge < -0.3 is 5.32 Å². The molecule has 2 nitrogen and oxygen atoms in total. The summed E-state index contributed by atoms with van der Waals surface area (Å²) in [6.45, 7) is 0. The highest BCUT2D eigenvalue weighted by atomic mass is 16.1. The summed E-state index contributed by atoms with van der Waals surface area (Å²) in [5, 5.41) is 3.36. The van der Waals surface area contributed by atoms with E-state index in [2.05, 4.69) is 41.7 Å². The van der Waals surface area contributed by atoms with Crippen LogP contribution >= 0.6 is 0 Å². The van der Waals surface area contributed by atoms with Crippen molar-refractivity contribution in [2.75, 3.05) is 0 Å². The summed E-state index contributed by atoms with van der Waals surface area (Å²) in [6.07, 6.45) is 0. The Morgan fingerprint density at radius 1 is 0.500 bits per heavy atom. The maximum Gasteiger partial charge on any atom is 0.252 e. The van der Waals surface area contributed by atoms with Gasteiger partial charge in [-0.2, -0.15) is 0 Å². The topological polar surface area (TPSA) is 29.1 Å². The van der Waals surface area contributed by atoms with Crippen molar-refractivity contribution in [3.63, 3.8) is 0 Å². The summed E-state index contributed by atoms with van der Waals surface area (Å²) >= 11 is 0. The average Bonchev–Trinajstić information content (AvgIpc) is 2.80. The van der Waals surface area contributed by atoms with Crippen LogP contribution in [0.3, 0.4) is 0 Å². The Bertz CT molecular complexity index is 932. The average molecular weight is 363 g/mol. The van der Waals surface area contributed by atoms with E-state index in [9.17, 15) is 4.79 Å². The molecule has 0 aliphatic rings. The summed E-state index contributed by atoms with van der Waals surface area (Å²) in [7, 11) is 0. The third-order valence-electron chi connectivity index (χ3n) is 4.96. The molecule has 0 aliphatic carbocycles. The molecular weight excluding hydrogens is 342 g/mol. The maximum absolute atomic E-state index is 13.3. The molecule has 0 saturated heterocycles.